The number of nitrogens with one attached hydrogen (secondary N) is 1. The summed E-state index contributed by atoms with van der Waals surface area (Å²) in [6.45, 7) is 2.98. The number of hydrogen-bond acceptors (Lipinski definition) is 6. The number of amides is 2. The molecule has 0 bridgehead atoms. The highest BCUT2D eigenvalue weighted by Gasteiger charge is 2.23. The van der Waals surface area contributed by atoms with E-state index in [2.05, 4.69) is 5.32 Å². The molecule has 0 aromatic heterocycles. The molecule has 2 aromatic rings. The lowest BCUT2D eigenvalue weighted by Gasteiger charge is -2.18. The molecular formula is C20H22N2O6. The Hall–Kier alpha value is -3.55. The van der Waals surface area contributed by atoms with Gasteiger partial charge in [-0.25, -0.2) is 4.79 Å². The lowest BCUT2D eigenvalue weighted by molar-refractivity contribution is -0.159. The van der Waals surface area contributed by atoms with Gasteiger partial charge in [-0.2, -0.15) is 0 Å². The Balaban J connectivity index is 1.87. The Bertz CT molecular complexity index is 833. The fourth-order valence-corrected chi connectivity index (χ4v) is 2.19. The molecule has 2 atom stereocenters. The van der Waals surface area contributed by atoms with E-state index in [0.29, 0.717) is 22.7 Å². The fraction of sp³-hybridized carbons (Fsp3) is 0.250. The zero-order chi connectivity index (χ0) is 20.7. The normalized spacial score (nSPS) is 12.4. The third kappa shape index (κ3) is 5.73. The van der Waals surface area contributed by atoms with Gasteiger partial charge < -0.3 is 25.3 Å². The van der Waals surface area contributed by atoms with E-state index in [1.165, 1.54) is 38.1 Å². The molecule has 2 rings (SSSR count). The number of ether oxygens (including phenoxy) is 3. The minimum Gasteiger partial charge on any atom is -0.497 e. The minimum absolute atomic E-state index is 0.321. The largest absolute Gasteiger partial charge is 0.497 e. The van der Waals surface area contributed by atoms with Crippen LogP contribution in [0, 0.1) is 0 Å². The summed E-state index contributed by atoms with van der Waals surface area (Å²) in [7, 11) is 1.55. The second-order valence-corrected chi connectivity index (χ2v) is 5.95. The Kier molecular flexibility index (Phi) is 6.97. The molecule has 3 N–H and O–H groups in total. The van der Waals surface area contributed by atoms with Gasteiger partial charge in [0.25, 0.3) is 5.91 Å². The third-order valence-corrected chi connectivity index (χ3v) is 3.80. The van der Waals surface area contributed by atoms with Gasteiger partial charge in [0.05, 0.1) is 7.11 Å². The second kappa shape index (κ2) is 9.40. The van der Waals surface area contributed by atoms with E-state index in [-0.39, 0.29) is 0 Å². The number of esters is 1. The number of carbonyl (C=O) groups excluding carboxylic acids is 3. The van der Waals surface area contributed by atoms with Gasteiger partial charge in [0.15, 0.2) is 12.2 Å². The highest BCUT2D eigenvalue weighted by molar-refractivity contribution is 5.96. The van der Waals surface area contributed by atoms with Crippen molar-refractivity contribution in [1.29, 1.82) is 0 Å². The third-order valence-electron chi connectivity index (χ3n) is 3.80. The lowest BCUT2D eigenvalue weighted by Crippen LogP contribution is -2.35. The number of primary amides is 1. The molecule has 0 unspecified atom stereocenters. The first kappa shape index (κ1) is 20.8. The van der Waals surface area contributed by atoms with Crippen LogP contribution in [0.4, 0.5) is 5.69 Å². The minimum atomic E-state index is -1.04. The van der Waals surface area contributed by atoms with E-state index in [1.807, 2.05) is 0 Å². The molecule has 0 saturated carbocycles. The van der Waals surface area contributed by atoms with E-state index in [4.69, 9.17) is 19.9 Å². The van der Waals surface area contributed by atoms with Crippen molar-refractivity contribution in [3.05, 3.63) is 54.1 Å². The summed E-state index contributed by atoms with van der Waals surface area (Å²) < 4.78 is 15.7. The van der Waals surface area contributed by atoms with Gasteiger partial charge in [0.1, 0.15) is 11.5 Å². The van der Waals surface area contributed by atoms with Crippen LogP contribution in [0.1, 0.15) is 24.2 Å². The van der Waals surface area contributed by atoms with Crippen LogP contribution < -0.4 is 20.5 Å². The Labute approximate surface area is 162 Å². The molecule has 0 heterocycles. The van der Waals surface area contributed by atoms with E-state index in [9.17, 15) is 14.4 Å². The van der Waals surface area contributed by atoms with Crippen molar-refractivity contribution in [3.63, 3.8) is 0 Å². The van der Waals surface area contributed by atoms with Gasteiger partial charge in [-0.05, 0) is 62.4 Å². The quantitative estimate of drug-likeness (QED) is 0.671. The van der Waals surface area contributed by atoms with Gasteiger partial charge in [0.2, 0.25) is 5.91 Å². The standard InChI is InChI=1S/C20H22N2O6/c1-12(19(24)22-15-6-4-14(5-7-15)18(21)23)28-20(25)13(2)27-17-10-8-16(26-3)9-11-17/h4-13H,1-3H3,(H2,21,23)(H,22,24)/t12-,13+/m1/s1. The van der Waals surface area contributed by atoms with Crippen LogP contribution in [0.3, 0.4) is 0 Å². The first-order valence-electron chi connectivity index (χ1n) is 8.52. The molecule has 0 saturated heterocycles. The number of nitrogens with two attached hydrogens (primary N) is 1. The zero-order valence-electron chi connectivity index (χ0n) is 15.8. The topological polar surface area (TPSA) is 117 Å². The summed E-state index contributed by atoms with van der Waals surface area (Å²) in [4.78, 5) is 35.4. The first-order valence-corrected chi connectivity index (χ1v) is 8.52. The van der Waals surface area contributed by atoms with Crippen LogP contribution in [0.2, 0.25) is 0 Å². The van der Waals surface area contributed by atoms with E-state index in [1.54, 1.807) is 31.4 Å². The predicted octanol–water partition coefficient (Wildman–Crippen LogP) is 2.13. The smallest absolute Gasteiger partial charge is 0.347 e. The molecule has 8 heteroatoms. The number of rotatable bonds is 8. The van der Waals surface area contributed by atoms with Crippen LogP contribution in [0.5, 0.6) is 11.5 Å². The number of carbonyl (C=O) groups is 3. The molecule has 0 aliphatic rings. The Morgan fingerprint density at radius 1 is 0.893 bits per heavy atom. The Morgan fingerprint density at radius 3 is 2.00 bits per heavy atom. The monoisotopic (exact) mass is 386 g/mol. The lowest BCUT2D eigenvalue weighted by atomic mass is 10.2. The molecule has 28 heavy (non-hydrogen) atoms. The van der Waals surface area contributed by atoms with Crippen molar-refractivity contribution in [3.8, 4) is 11.5 Å². The zero-order valence-corrected chi connectivity index (χ0v) is 15.8. The SMILES string of the molecule is COc1ccc(O[C@@H](C)C(=O)O[C@H](C)C(=O)Nc2ccc(C(N)=O)cc2)cc1. The summed E-state index contributed by atoms with van der Waals surface area (Å²) in [6.07, 6.45) is -1.94. The summed E-state index contributed by atoms with van der Waals surface area (Å²) in [5.74, 6) is -0.626. The molecule has 2 amide bonds. The van der Waals surface area contributed by atoms with E-state index >= 15 is 0 Å². The second-order valence-electron chi connectivity index (χ2n) is 5.95. The van der Waals surface area contributed by atoms with Gasteiger partial charge in [-0.3, -0.25) is 9.59 Å². The van der Waals surface area contributed by atoms with Crippen molar-refractivity contribution >= 4 is 23.5 Å². The number of anilines is 1. The molecule has 148 valence electrons. The summed E-state index contributed by atoms with van der Waals surface area (Å²) in [6, 6.07) is 12.8. The number of benzene rings is 2. The maximum Gasteiger partial charge on any atom is 0.347 e. The van der Waals surface area contributed by atoms with Crippen LogP contribution in [-0.4, -0.2) is 37.1 Å². The van der Waals surface area contributed by atoms with Crippen LogP contribution >= 0.6 is 0 Å². The van der Waals surface area contributed by atoms with Gasteiger partial charge in [-0.15, -0.1) is 0 Å². The average molecular weight is 386 g/mol. The molecule has 2 aromatic carbocycles. The van der Waals surface area contributed by atoms with Crippen molar-refractivity contribution in [2.45, 2.75) is 26.1 Å². The first-order chi connectivity index (χ1) is 13.3. The maximum absolute atomic E-state index is 12.2. The Morgan fingerprint density at radius 2 is 1.46 bits per heavy atom. The highest BCUT2D eigenvalue weighted by Crippen LogP contribution is 2.18. The van der Waals surface area contributed by atoms with Crippen LogP contribution in [-0.2, 0) is 14.3 Å². The van der Waals surface area contributed by atoms with E-state index in [0.717, 1.165) is 0 Å². The summed E-state index contributed by atoms with van der Waals surface area (Å²) in [5, 5.41) is 2.59. The molecule has 0 fully saturated rings. The number of methoxy groups -OCH3 is 1. The van der Waals surface area contributed by atoms with Crippen LogP contribution in [0.15, 0.2) is 48.5 Å². The van der Waals surface area contributed by atoms with Gasteiger partial charge >= 0.3 is 5.97 Å². The van der Waals surface area contributed by atoms with Crippen molar-refractivity contribution in [1.82, 2.24) is 0 Å². The molecule has 0 aliphatic heterocycles. The molecule has 8 nitrogen and oxygen atoms in total. The fourth-order valence-electron chi connectivity index (χ4n) is 2.19. The summed E-state index contributed by atoms with van der Waals surface area (Å²) >= 11 is 0. The van der Waals surface area contributed by atoms with Gasteiger partial charge in [0, 0.05) is 11.3 Å². The van der Waals surface area contributed by atoms with Crippen molar-refractivity contribution in [2.24, 2.45) is 5.73 Å². The highest BCUT2D eigenvalue weighted by atomic mass is 16.6. The predicted molar refractivity (Wildman–Crippen MR) is 102 cm³/mol. The average Bonchev–Trinajstić information content (AvgIpc) is 2.68. The molecule has 0 radical (unpaired) electrons. The van der Waals surface area contributed by atoms with Crippen LogP contribution in [0.25, 0.3) is 0 Å². The molecular weight excluding hydrogens is 364 g/mol. The summed E-state index contributed by atoms with van der Waals surface area (Å²) in [5.41, 5.74) is 5.93. The van der Waals surface area contributed by atoms with Crippen molar-refractivity contribution in [2.75, 3.05) is 12.4 Å². The number of hydrogen-bond donors (Lipinski definition) is 2. The molecule has 0 spiro atoms. The van der Waals surface area contributed by atoms with Crippen molar-refractivity contribution < 1.29 is 28.6 Å². The van der Waals surface area contributed by atoms with E-state index < -0.39 is 30.0 Å². The maximum atomic E-state index is 12.2. The molecule has 0 aliphatic carbocycles. The van der Waals surface area contributed by atoms with Gasteiger partial charge in [-0.1, -0.05) is 0 Å².